The molecule has 3 rings (SSSR count). The zero-order chi connectivity index (χ0) is 16.4. The second kappa shape index (κ2) is 6.63. The van der Waals surface area contributed by atoms with Gasteiger partial charge in [-0.2, -0.15) is 8.78 Å². The quantitative estimate of drug-likeness (QED) is 0.706. The number of alkyl halides is 2. The molecular formula is C14H12F2N4OS2. The minimum Gasteiger partial charge on any atom is -0.301 e. The number of carbonyl (C=O) groups excluding carboxylic acids is 1. The lowest BCUT2D eigenvalue weighted by Crippen LogP contribution is -2.14. The molecule has 2 heterocycles. The van der Waals surface area contributed by atoms with Gasteiger partial charge in [0.1, 0.15) is 0 Å². The van der Waals surface area contributed by atoms with E-state index in [2.05, 4.69) is 15.3 Å². The number of nitrogens with zero attached hydrogens (tertiary/aromatic N) is 3. The Labute approximate surface area is 138 Å². The number of nitrogens with one attached hydrogen (secondary N) is 1. The number of hydrogen-bond donors (Lipinski definition) is 1. The van der Waals surface area contributed by atoms with Gasteiger partial charge in [-0.05, 0) is 19.1 Å². The van der Waals surface area contributed by atoms with E-state index in [1.807, 2.05) is 12.3 Å². The molecule has 0 aliphatic rings. The highest BCUT2D eigenvalue weighted by Crippen LogP contribution is 2.29. The third kappa shape index (κ3) is 3.50. The Kier molecular flexibility index (Phi) is 4.58. The highest BCUT2D eigenvalue weighted by Gasteiger charge is 2.18. The first-order chi connectivity index (χ1) is 11.0. The number of thioether (sulfide) groups is 1. The molecule has 0 saturated carbocycles. The minimum atomic E-state index is -2.71. The predicted octanol–water partition coefficient (Wildman–Crippen LogP) is 3.93. The SMILES string of the molecule is Cc1csc(NC(=O)CSc2nc3ccccc3n2C(F)F)n1. The van der Waals surface area contributed by atoms with Crippen LogP contribution in [-0.2, 0) is 4.79 Å². The number of anilines is 1. The number of imidazole rings is 1. The van der Waals surface area contributed by atoms with Crippen LogP contribution in [0.3, 0.4) is 0 Å². The molecule has 0 atom stereocenters. The number of para-hydroxylation sites is 2. The van der Waals surface area contributed by atoms with Gasteiger partial charge >= 0.3 is 6.55 Å². The van der Waals surface area contributed by atoms with Gasteiger partial charge in [0.25, 0.3) is 0 Å². The lowest BCUT2D eigenvalue weighted by atomic mass is 10.3. The van der Waals surface area contributed by atoms with E-state index >= 15 is 0 Å². The van der Waals surface area contributed by atoms with E-state index in [4.69, 9.17) is 0 Å². The molecule has 5 nitrogen and oxygen atoms in total. The summed E-state index contributed by atoms with van der Waals surface area (Å²) in [5.74, 6) is -0.327. The Morgan fingerprint density at radius 2 is 2.17 bits per heavy atom. The number of carbonyl (C=O) groups is 1. The van der Waals surface area contributed by atoms with Gasteiger partial charge in [-0.3, -0.25) is 9.36 Å². The zero-order valence-corrected chi connectivity index (χ0v) is 13.6. The Bertz CT molecular complexity index is 846. The van der Waals surface area contributed by atoms with Crippen LogP contribution in [0, 0.1) is 6.92 Å². The van der Waals surface area contributed by atoms with Gasteiger partial charge in [0.15, 0.2) is 10.3 Å². The Hall–Kier alpha value is -2.00. The van der Waals surface area contributed by atoms with Crippen LogP contribution in [0.5, 0.6) is 0 Å². The van der Waals surface area contributed by atoms with E-state index < -0.39 is 6.55 Å². The lowest BCUT2D eigenvalue weighted by molar-refractivity contribution is -0.113. The van der Waals surface area contributed by atoms with E-state index in [1.54, 1.807) is 24.3 Å². The Morgan fingerprint density at radius 1 is 1.39 bits per heavy atom. The summed E-state index contributed by atoms with van der Waals surface area (Å²) < 4.78 is 27.4. The summed E-state index contributed by atoms with van der Waals surface area (Å²) in [6, 6.07) is 6.65. The number of fused-ring (bicyclic) bond motifs is 1. The molecular weight excluding hydrogens is 342 g/mol. The largest absolute Gasteiger partial charge is 0.321 e. The summed E-state index contributed by atoms with van der Waals surface area (Å²) in [7, 11) is 0. The van der Waals surface area contributed by atoms with E-state index in [-0.39, 0.29) is 16.8 Å². The number of aromatic nitrogens is 3. The van der Waals surface area contributed by atoms with Gasteiger partial charge in [0, 0.05) is 5.38 Å². The van der Waals surface area contributed by atoms with E-state index in [1.165, 1.54) is 11.3 Å². The third-order valence-electron chi connectivity index (χ3n) is 2.96. The van der Waals surface area contributed by atoms with Gasteiger partial charge in [-0.15, -0.1) is 11.3 Å². The number of rotatable bonds is 5. The molecule has 9 heteroatoms. The van der Waals surface area contributed by atoms with Crippen LogP contribution in [0.4, 0.5) is 13.9 Å². The monoisotopic (exact) mass is 354 g/mol. The standard InChI is InChI=1S/C14H12F2N4OS2/c1-8-6-22-13(17-8)19-11(21)7-23-14-18-9-4-2-3-5-10(9)20(14)12(15)16/h2-6,12H,7H2,1H3,(H,17,19,21). The second-order valence-corrected chi connectivity index (χ2v) is 6.46. The molecule has 0 saturated heterocycles. The van der Waals surface area contributed by atoms with Crippen LogP contribution in [0.15, 0.2) is 34.8 Å². The van der Waals surface area contributed by atoms with Gasteiger partial charge < -0.3 is 5.32 Å². The number of hydrogen-bond acceptors (Lipinski definition) is 5. The molecule has 1 amide bonds. The second-order valence-electron chi connectivity index (χ2n) is 4.66. The molecule has 1 N–H and O–H groups in total. The van der Waals surface area contributed by atoms with Crippen molar-refractivity contribution in [3.05, 3.63) is 35.3 Å². The average Bonchev–Trinajstić information content (AvgIpc) is 3.08. The lowest BCUT2D eigenvalue weighted by Gasteiger charge is -2.07. The smallest absolute Gasteiger partial charge is 0.301 e. The van der Waals surface area contributed by atoms with Gasteiger partial charge in [0.2, 0.25) is 5.91 Å². The number of benzene rings is 1. The fourth-order valence-corrected chi connectivity index (χ4v) is 3.53. The zero-order valence-electron chi connectivity index (χ0n) is 12.0. The molecule has 0 spiro atoms. The first kappa shape index (κ1) is 15.9. The van der Waals surface area contributed by atoms with Crippen molar-refractivity contribution in [2.45, 2.75) is 18.6 Å². The summed E-state index contributed by atoms with van der Waals surface area (Å²) in [4.78, 5) is 20.2. The molecule has 1 aromatic carbocycles. The predicted molar refractivity (Wildman–Crippen MR) is 87.2 cm³/mol. The van der Waals surface area contributed by atoms with E-state index in [9.17, 15) is 13.6 Å². The summed E-state index contributed by atoms with van der Waals surface area (Å²) in [6.07, 6.45) is 0. The Morgan fingerprint density at radius 3 is 2.87 bits per heavy atom. The van der Waals surface area contributed by atoms with E-state index in [0.717, 1.165) is 22.0 Å². The highest BCUT2D eigenvalue weighted by atomic mass is 32.2. The Balaban J connectivity index is 1.73. The van der Waals surface area contributed by atoms with Gasteiger partial charge in [0.05, 0.1) is 22.5 Å². The maximum atomic E-state index is 13.3. The van der Waals surface area contributed by atoms with Crippen LogP contribution in [0.1, 0.15) is 12.2 Å². The molecule has 2 aromatic heterocycles. The first-order valence-electron chi connectivity index (χ1n) is 6.64. The van der Waals surface area contributed by atoms with Crippen molar-refractivity contribution in [2.24, 2.45) is 0 Å². The van der Waals surface area contributed by atoms with Crippen molar-refractivity contribution >= 4 is 45.2 Å². The van der Waals surface area contributed by atoms with Crippen LogP contribution in [0.25, 0.3) is 11.0 Å². The van der Waals surface area contributed by atoms with Crippen molar-refractivity contribution in [1.29, 1.82) is 0 Å². The summed E-state index contributed by atoms with van der Waals surface area (Å²) in [5, 5.41) is 5.07. The first-order valence-corrected chi connectivity index (χ1v) is 8.51. The normalized spacial score (nSPS) is 11.3. The molecule has 3 aromatic rings. The number of halogens is 2. The summed E-state index contributed by atoms with van der Waals surface area (Å²) in [5.41, 5.74) is 1.64. The van der Waals surface area contributed by atoms with Crippen molar-refractivity contribution < 1.29 is 13.6 Å². The van der Waals surface area contributed by atoms with Crippen LogP contribution >= 0.6 is 23.1 Å². The van der Waals surface area contributed by atoms with Crippen LogP contribution in [-0.4, -0.2) is 26.2 Å². The number of amides is 1. The molecule has 0 bridgehead atoms. The fourth-order valence-electron chi connectivity index (χ4n) is 2.01. The van der Waals surface area contributed by atoms with Gasteiger partial charge in [-0.1, -0.05) is 23.9 Å². The van der Waals surface area contributed by atoms with Crippen LogP contribution < -0.4 is 5.32 Å². The van der Waals surface area contributed by atoms with Crippen molar-refractivity contribution in [1.82, 2.24) is 14.5 Å². The third-order valence-corrected chi connectivity index (χ3v) is 4.78. The van der Waals surface area contributed by atoms with Crippen LogP contribution in [0.2, 0.25) is 0 Å². The molecule has 0 radical (unpaired) electrons. The molecule has 120 valence electrons. The van der Waals surface area contributed by atoms with Crippen molar-refractivity contribution in [3.8, 4) is 0 Å². The summed E-state index contributed by atoms with van der Waals surface area (Å²) >= 11 is 2.29. The topological polar surface area (TPSA) is 59.8 Å². The van der Waals surface area contributed by atoms with Crippen molar-refractivity contribution in [2.75, 3.05) is 11.1 Å². The fraction of sp³-hybridized carbons (Fsp3) is 0.214. The minimum absolute atomic E-state index is 0.0192. The number of thiazole rings is 1. The molecule has 0 aliphatic carbocycles. The maximum absolute atomic E-state index is 13.3. The van der Waals surface area contributed by atoms with Crippen molar-refractivity contribution in [3.63, 3.8) is 0 Å². The number of aryl methyl sites for hydroxylation is 1. The molecule has 0 fully saturated rings. The molecule has 0 aliphatic heterocycles. The van der Waals surface area contributed by atoms with Gasteiger partial charge in [-0.25, -0.2) is 9.97 Å². The highest BCUT2D eigenvalue weighted by molar-refractivity contribution is 7.99. The van der Waals surface area contributed by atoms with E-state index in [0.29, 0.717) is 16.2 Å². The maximum Gasteiger partial charge on any atom is 0.321 e. The molecule has 23 heavy (non-hydrogen) atoms. The average molecular weight is 354 g/mol. The molecule has 0 unspecified atom stereocenters. The summed E-state index contributed by atoms with van der Waals surface area (Å²) in [6.45, 7) is -0.888.